The molecule has 0 aromatic heterocycles. The van der Waals surface area contributed by atoms with Gasteiger partial charge >= 0.3 is 6.18 Å². The van der Waals surface area contributed by atoms with Crippen molar-refractivity contribution in [3.63, 3.8) is 0 Å². The largest absolute Gasteiger partial charge is 0.416 e. The zero-order valence-corrected chi connectivity index (χ0v) is 18.0. The maximum atomic E-state index is 13.4. The third-order valence-electron chi connectivity index (χ3n) is 5.92. The minimum absolute atomic E-state index is 0.0295. The number of piperidine rings is 1. The monoisotopic (exact) mass is 466 g/mol. The maximum Gasteiger partial charge on any atom is 0.416 e. The second kappa shape index (κ2) is 9.13. The van der Waals surface area contributed by atoms with Crippen molar-refractivity contribution < 1.29 is 27.2 Å². The number of hydrogen-bond donors (Lipinski definition) is 0. The van der Waals surface area contributed by atoms with Crippen LogP contribution in [-0.4, -0.2) is 47.0 Å². The standard InChI is InChI=1S/C23H22F4N2O2S/c24-19-3-1-2-17(12-19)21(31)28-10-8-15(9-11-28)13-29-20(30)14-32-22(29)16-4-6-18(7-5-16)23(25,26)27/h1-7,12,15,22H,8-11,13-14H2. The van der Waals surface area contributed by atoms with E-state index in [9.17, 15) is 27.2 Å². The summed E-state index contributed by atoms with van der Waals surface area (Å²) in [4.78, 5) is 28.5. The number of rotatable bonds is 4. The van der Waals surface area contributed by atoms with Gasteiger partial charge < -0.3 is 9.80 Å². The van der Waals surface area contributed by atoms with E-state index in [1.165, 1.54) is 42.1 Å². The van der Waals surface area contributed by atoms with Crippen molar-refractivity contribution in [3.05, 3.63) is 71.0 Å². The SMILES string of the molecule is O=C(c1cccc(F)c1)N1CCC(CN2C(=O)CSC2c2ccc(C(F)(F)F)cc2)CC1. The molecular weight excluding hydrogens is 444 g/mol. The maximum absolute atomic E-state index is 13.4. The molecule has 1 unspecified atom stereocenters. The first-order valence-electron chi connectivity index (χ1n) is 10.4. The molecule has 2 aliphatic heterocycles. The van der Waals surface area contributed by atoms with Crippen molar-refractivity contribution in [2.45, 2.75) is 24.4 Å². The smallest absolute Gasteiger partial charge is 0.339 e. The average molecular weight is 467 g/mol. The summed E-state index contributed by atoms with van der Waals surface area (Å²) in [6.45, 7) is 1.53. The Balaban J connectivity index is 1.37. The molecule has 2 aromatic rings. The van der Waals surface area contributed by atoms with Crippen LogP contribution in [0, 0.1) is 11.7 Å². The van der Waals surface area contributed by atoms with Crippen LogP contribution in [0.15, 0.2) is 48.5 Å². The first kappa shape index (κ1) is 22.6. The van der Waals surface area contributed by atoms with Crippen LogP contribution >= 0.6 is 11.8 Å². The number of carbonyl (C=O) groups is 2. The Labute approximate surface area is 187 Å². The Kier molecular flexibility index (Phi) is 6.46. The Morgan fingerprint density at radius 3 is 2.38 bits per heavy atom. The fourth-order valence-electron chi connectivity index (χ4n) is 4.17. The van der Waals surface area contributed by atoms with Crippen LogP contribution in [0.1, 0.15) is 39.7 Å². The van der Waals surface area contributed by atoms with Crippen LogP contribution in [0.2, 0.25) is 0 Å². The summed E-state index contributed by atoms with van der Waals surface area (Å²) in [7, 11) is 0. The van der Waals surface area contributed by atoms with Crippen LogP contribution in [0.25, 0.3) is 0 Å². The topological polar surface area (TPSA) is 40.6 Å². The molecule has 170 valence electrons. The van der Waals surface area contributed by atoms with Crippen LogP contribution in [0.5, 0.6) is 0 Å². The Morgan fingerprint density at radius 2 is 1.75 bits per heavy atom. The van der Waals surface area contributed by atoms with Crippen molar-refractivity contribution >= 4 is 23.6 Å². The lowest BCUT2D eigenvalue weighted by Crippen LogP contribution is -2.42. The van der Waals surface area contributed by atoms with Crippen LogP contribution in [-0.2, 0) is 11.0 Å². The fraction of sp³-hybridized carbons (Fsp3) is 0.391. The lowest BCUT2D eigenvalue weighted by atomic mass is 9.95. The summed E-state index contributed by atoms with van der Waals surface area (Å²) in [5.41, 5.74) is 0.280. The van der Waals surface area contributed by atoms with Crippen molar-refractivity contribution in [1.29, 1.82) is 0 Å². The third-order valence-corrected chi connectivity index (χ3v) is 7.18. The predicted molar refractivity (Wildman–Crippen MR) is 113 cm³/mol. The molecular formula is C23H22F4N2O2S. The first-order valence-corrected chi connectivity index (χ1v) is 11.4. The van der Waals surface area contributed by atoms with Gasteiger partial charge in [0.25, 0.3) is 5.91 Å². The Hall–Kier alpha value is -2.55. The molecule has 0 bridgehead atoms. The highest BCUT2D eigenvalue weighted by atomic mass is 32.2. The lowest BCUT2D eigenvalue weighted by molar-refractivity contribution is -0.137. The van der Waals surface area contributed by atoms with Crippen molar-refractivity contribution in [1.82, 2.24) is 9.80 Å². The Morgan fingerprint density at radius 1 is 1.06 bits per heavy atom. The molecule has 9 heteroatoms. The molecule has 2 saturated heterocycles. The van der Waals surface area contributed by atoms with Crippen LogP contribution in [0.4, 0.5) is 17.6 Å². The molecule has 0 radical (unpaired) electrons. The quantitative estimate of drug-likeness (QED) is 0.598. The van der Waals surface area contributed by atoms with E-state index in [1.54, 1.807) is 15.9 Å². The minimum atomic E-state index is -4.40. The molecule has 2 heterocycles. The van der Waals surface area contributed by atoms with Gasteiger partial charge in [-0.3, -0.25) is 9.59 Å². The Bertz CT molecular complexity index is 988. The number of nitrogens with zero attached hydrogens (tertiary/aromatic N) is 2. The van der Waals surface area contributed by atoms with E-state index in [0.717, 1.165) is 12.1 Å². The fourth-order valence-corrected chi connectivity index (χ4v) is 5.36. The van der Waals surface area contributed by atoms with Gasteiger partial charge in [0, 0.05) is 25.2 Å². The molecule has 1 atom stereocenters. The van der Waals surface area contributed by atoms with Crippen molar-refractivity contribution in [2.75, 3.05) is 25.4 Å². The minimum Gasteiger partial charge on any atom is -0.339 e. The van der Waals surface area contributed by atoms with Crippen molar-refractivity contribution in [3.8, 4) is 0 Å². The highest BCUT2D eigenvalue weighted by Crippen LogP contribution is 2.40. The van der Waals surface area contributed by atoms with E-state index in [1.807, 2.05) is 0 Å². The first-order chi connectivity index (χ1) is 15.2. The molecule has 32 heavy (non-hydrogen) atoms. The number of alkyl halides is 3. The highest BCUT2D eigenvalue weighted by Gasteiger charge is 2.36. The summed E-state index contributed by atoms with van der Waals surface area (Å²) >= 11 is 1.41. The number of likely N-dealkylation sites (tertiary alicyclic amines) is 1. The molecule has 2 aliphatic rings. The molecule has 0 saturated carbocycles. The van der Waals surface area contributed by atoms with Crippen LogP contribution < -0.4 is 0 Å². The van der Waals surface area contributed by atoms with E-state index in [2.05, 4.69) is 0 Å². The van der Waals surface area contributed by atoms with Gasteiger partial charge in [0.1, 0.15) is 11.2 Å². The predicted octanol–water partition coefficient (Wildman–Crippen LogP) is 4.97. The molecule has 0 aliphatic carbocycles. The second-order valence-electron chi connectivity index (χ2n) is 8.08. The molecule has 2 fully saturated rings. The van der Waals surface area contributed by atoms with E-state index < -0.39 is 17.6 Å². The van der Waals surface area contributed by atoms with Gasteiger partial charge in [-0.2, -0.15) is 13.2 Å². The van der Waals surface area contributed by atoms with Crippen LogP contribution in [0.3, 0.4) is 0 Å². The van der Waals surface area contributed by atoms with E-state index >= 15 is 0 Å². The summed E-state index contributed by atoms with van der Waals surface area (Å²) in [6, 6.07) is 10.6. The van der Waals surface area contributed by atoms with Gasteiger partial charge in [-0.1, -0.05) is 18.2 Å². The molecule has 4 nitrogen and oxygen atoms in total. The molecule has 4 rings (SSSR count). The zero-order valence-electron chi connectivity index (χ0n) is 17.1. The van der Waals surface area contributed by atoms with Gasteiger partial charge in [0.05, 0.1) is 11.3 Å². The molecule has 2 amide bonds. The van der Waals surface area contributed by atoms with E-state index in [0.29, 0.717) is 49.4 Å². The van der Waals surface area contributed by atoms with Gasteiger partial charge in [-0.15, -0.1) is 11.8 Å². The summed E-state index contributed by atoms with van der Waals surface area (Å²) < 4.78 is 51.9. The molecule has 0 spiro atoms. The number of amides is 2. The van der Waals surface area contributed by atoms with Gasteiger partial charge in [0.15, 0.2) is 0 Å². The molecule has 0 N–H and O–H groups in total. The number of halogens is 4. The van der Waals surface area contributed by atoms with Gasteiger partial charge in [-0.25, -0.2) is 4.39 Å². The van der Waals surface area contributed by atoms with Gasteiger partial charge in [0.2, 0.25) is 5.91 Å². The highest BCUT2D eigenvalue weighted by molar-refractivity contribution is 8.00. The third kappa shape index (κ3) is 4.92. The molecule has 2 aromatic carbocycles. The summed E-state index contributed by atoms with van der Waals surface area (Å²) in [6.07, 6.45) is -2.99. The number of hydrogen-bond acceptors (Lipinski definition) is 3. The van der Waals surface area contributed by atoms with E-state index in [4.69, 9.17) is 0 Å². The summed E-state index contributed by atoms with van der Waals surface area (Å²) in [5.74, 6) is -0.212. The van der Waals surface area contributed by atoms with E-state index in [-0.39, 0.29) is 23.1 Å². The lowest BCUT2D eigenvalue weighted by Gasteiger charge is -2.35. The normalized spacial score (nSPS) is 20.1. The van der Waals surface area contributed by atoms with Crippen molar-refractivity contribution in [2.24, 2.45) is 5.92 Å². The zero-order chi connectivity index (χ0) is 22.9. The van der Waals surface area contributed by atoms with Gasteiger partial charge in [-0.05, 0) is 54.7 Å². The number of carbonyl (C=O) groups excluding carboxylic acids is 2. The number of thioether (sulfide) groups is 1. The number of benzene rings is 2. The average Bonchev–Trinajstić information content (AvgIpc) is 3.13. The second-order valence-corrected chi connectivity index (χ2v) is 9.14. The summed E-state index contributed by atoms with van der Waals surface area (Å²) in [5, 5.41) is -0.309.